The molecule has 73 heavy (non-hydrogen) atoms. The summed E-state index contributed by atoms with van der Waals surface area (Å²) >= 11 is 0. The summed E-state index contributed by atoms with van der Waals surface area (Å²) in [7, 11) is 0. The van der Waals surface area contributed by atoms with Gasteiger partial charge in [-0.3, -0.25) is 0 Å². The fourth-order valence-electron chi connectivity index (χ4n) is 3.16. The third kappa shape index (κ3) is 40.1. The molecule has 0 aliphatic heterocycles. The second kappa shape index (κ2) is 50.8. The first-order chi connectivity index (χ1) is 30.4. The van der Waals surface area contributed by atoms with Crippen LogP contribution in [0.5, 0.6) is 0 Å². The molecular weight excluding hydrogens is 1420 g/mol. The Morgan fingerprint density at radius 3 is 0.356 bits per heavy atom. The summed E-state index contributed by atoms with van der Waals surface area (Å²) in [6, 6.07) is 22.6. The van der Waals surface area contributed by atoms with Crippen LogP contribution in [0, 0.1) is 76.3 Å². The van der Waals surface area contributed by atoms with E-state index in [-0.39, 0.29) is 204 Å². The van der Waals surface area contributed by atoms with Gasteiger partial charge in [0.25, 0.3) is 0 Å². The number of carbonyl (C=O) groups excluding carboxylic acids is 8. The van der Waals surface area contributed by atoms with Crippen molar-refractivity contribution in [3.63, 3.8) is 0 Å². The largest absolute Gasteiger partial charge is 3.00 e. The first-order valence-electron chi connectivity index (χ1n) is 16.4. The summed E-state index contributed by atoms with van der Waals surface area (Å²) in [6.45, 7) is 0. The van der Waals surface area contributed by atoms with Crippen molar-refractivity contribution in [3.8, 4) is 0 Å². The van der Waals surface area contributed by atoms with Crippen molar-refractivity contribution in [3.05, 3.63) is 193 Å². The maximum absolute atomic E-state index is 9.86. The molecule has 8 rings (SSSR count). The van der Waals surface area contributed by atoms with E-state index >= 15 is 0 Å². The van der Waals surface area contributed by atoms with E-state index in [1.165, 1.54) is 147 Å². The topological polar surface area (TPSA) is 621 Å². The third-order valence-corrected chi connectivity index (χ3v) is 5.78. The zero-order valence-corrected chi connectivity index (χ0v) is 44.8. The van der Waals surface area contributed by atoms with E-state index in [0.717, 1.165) is 0 Å². The number of hydrogen-bond donors (Lipinski definition) is 0. The van der Waals surface area contributed by atoms with Crippen LogP contribution in [0.1, 0.15) is 84.4 Å². The maximum Gasteiger partial charge on any atom is 3.00 e. The SMILES string of the molecule is O.O.O=C([O-])c1ccco1.O=C([O-])c1ccco1.O=C([O-])c1ccco1.O=C([O-])c1ccco1.O=C([O-])c1ccco1.O=C([O-])c1ccco1.O=C([O-])c1ccco1.O=C([O-])c1ccco1.[Ba+2].[Dy+3].[Dy+3].[OH3+].[OH3+].[OH3+].[OH3+]. The van der Waals surface area contributed by atoms with Gasteiger partial charge in [0, 0.05) is 0 Å². The Kier molecular flexibility index (Phi) is 60.3. The summed E-state index contributed by atoms with van der Waals surface area (Å²) < 4.78 is 35.5. The predicted octanol–water partition coefficient (Wildman–Crippen LogP) is -8.57. The quantitative estimate of drug-likeness (QED) is 0.101. The molecular formula is C40H40BaDy2O30+4. The van der Waals surface area contributed by atoms with Crippen LogP contribution in [-0.2, 0) is 21.9 Å². The molecule has 0 saturated carbocycles. The van der Waals surface area contributed by atoms with Gasteiger partial charge in [-0.15, -0.1) is 0 Å². The van der Waals surface area contributed by atoms with Crippen molar-refractivity contribution < 1.29 is 224 Å². The van der Waals surface area contributed by atoms with Gasteiger partial charge >= 0.3 is 125 Å². The Labute approximate surface area is 507 Å². The summed E-state index contributed by atoms with van der Waals surface area (Å²) in [6.07, 6.45) is 10.3. The van der Waals surface area contributed by atoms with Crippen LogP contribution in [0.3, 0.4) is 0 Å². The summed E-state index contributed by atoms with van der Waals surface area (Å²) in [5.74, 6) is -11.3. The van der Waals surface area contributed by atoms with Crippen LogP contribution >= 0.6 is 0 Å². The molecule has 398 valence electrons. The number of rotatable bonds is 8. The second-order valence-corrected chi connectivity index (χ2v) is 10.1. The van der Waals surface area contributed by atoms with E-state index < -0.39 is 47.8 Å². The van der Waals surface area contributed by atoms with Gasteiger partial charge in [0.2, 0.25) is 0 Å². The zero-order chi connectivity index (χ0) is 47.9. The van der Waals surface area contributed by atoms with Crippen LogP contribution in [0.15, 0.2) is 183 Å². The smallest absolute Gasteiger partial charge is 0.542 e. The predicted molar refractivity (Wildman–Crippen MR) is 217 cm³/mol. The molecule has 0 aromatic carbocycles. The van der Waals surface area contributed by atoms with Gasteiger partial charge in [0.1, 0.15) is 93.8 Å². The molecule has 2 radical (unpaired) electrons. The molecule has 0 amide bonds. The molecule has 0 spiro atoms. The molecule has 16 N–H and O–H groups in total. The average molecular weight is 1460 g/mol. The molecule has 8 heterocycles. The van der Waals surface area contributed by atoms with Crippen LogP contribution in [0.25, 0.3) is 0 Å². The minimum atomic E-state index is -1.28. The number of carboxylic acid groups (broad SMARTS) is 8. The van der Waals surface area contributed by atoms with E-state index in [2.05, 4.69) is 35.3 Å². The van der Waals surface area contributed by atoms with Crippen LogP contribution in [0.2, 0.25) is 0 Å². The fourth-order valence-corrected chi connectivity index (χ4v) is 3.16. The third-order valence-electron chi connectivity index (χ3n) is 5.78. The summed E-state index contributed by atoms with van der Waals surface area (Å²) in [5, 5.41) is 78.9. The molecule has 8 aromatic heterocycles. The number of aromatic carboxylic acids is 8. The minimum absolute atomic E-state index is 0. The molecule has 0 unspecified atom stereocenters. The first kappa shape index (κ1) is 86.6. The zero-order valence-electron chi connectivity index (χ0n) is 36.3. The number of furan rings is 8. The summed E-state index contributed by atoms with van der Waals surface area (Å²) in [5.41, 5.74) is 0. The molecule has 0 atom stereocenters. The van der Waals surface area contributed by atoms with Gasteiger partial charge in [-0.05, 0) is 97.1 Å². The molecule has 33 heteroatoms. The van der Waals surface area contributed by atoms with Crippen LogP contribution < -0.4 is 40.9 Å². The van der Waals surface area contributed by atoms with Gasteiger partial charge in [-0.2, -0.15) is 0 Å². The standard InChI is InChI=1S/8C5H4O3.Ba.2Dy.6H2O/c8*6-5(7)4-2-1-3-8-4;;;;;;;;;/h8*1-3H,(H,6,7);;;;6*1H2/q;;;;;;;;+2;2*+3;;;;;;/p-4. The van der Waals surface area contributed by atoms with E-state index in [1.54, 1.807) is 0 Å². The molecule has 0 fully saturated rings. The second-order valence-electron chi connectivity index (χ2n) is 10.1. The minimum Gasteiger partial charge on any atom is -0.542 e. The van der Waals surface area contributed by atoms with Crippen molar-refractivity contribution in [2.24, 2.45) is 0 Å². The van der Waals surface area contributed by atoms with Crippen molar-refractivity contribution in [2.45, 2.75) is 0 Å². The monoisotopic (exact) mass is 1470 g/mol. The van der Waals surface area contributed by atoms with E-state index in [9.17, 15) is 79.2 Å². The summed E-state index contributed by atoms with van der Waals surface area (Å²) in [4.78, 5) is 78.9. The average Bonchev–Trinajstić information content (AvgIpc) is 4.12. The maximum atomic E-state index is 9.86. The Bertz CT molecular complexity index is 1960. The molecule has 30 nitrogen and oxygen atoms in total. The number of carbonyl (C=O) groups is 8. The number of carboxylic acids is 8. The van der Waals surface area contributed by atoms with E-state index in [1.807, 2.05) is 0 Å². The van der Waals surface area contributed by atoms with Gasteiger partial charge in [0.05, 0.1) is 50.1 Å². The van der Waals surface area contributed by atoms with Crippen LogP contribution in [0.4, 0.5) is 0 Å². The van der Waals surface area contributed by atoms with Crippen molar-refractivity contribution >= 4 is 96.6 Å². The Balaban J connectivity index is -0.0000000900. The molecule has 0 aliphatic carbocycles. The van der Waals surface area contributed by atoms with E-state index in [4.69, 9.17) is 0 Å². The van der Waals surface area contributed by atoms with Crippen molar-refractivity contribution in [2.75, 3.05) is 0 Å². The van der Waals surface area contributed by atoms with E-state index in [0.29, 0.717) is 0 Å². The van der Waals surface area contributed by atoms with Crippen molar-refractivity contribution in [1.29, 1.82) is 0 Å². The molecule has 0 bridgehead atoms. The first-order valence-corrected chi connectivity index (χ1v) is 16.4. The van der Waals surface area contributed by atoms with Gasteiger partial charge < -0.3 is 147 Å². The van der Waals surface area contributed by atoms with Gasteiger partial charge in [-0.25, -0.2) is 0 Å². The normalized spacial score (nSPS) is 7.89. The number of hydrogen-bond acceptors (Lipinski definition) is 24. The fraction of sp³-hybridized carbons (Fsp3) is 0. The van der Waals surface area contributed by atoms with Crippen LogP contribution in [-0.4, -0.2) is 108 Å². The molecule has 0 aliphatic rings. The van der Waals surface area contributed by atoms with Gasteiger partial charge in [-0.1, -0.05) is 0 Å². The van der Waals surface area contributed by atoms with Crippen molar-refractivity contribution in [1.82, 2.24) is 0 Å². The Hall–Kier alpha value is -6.12. The van der Waals surface area contributed by atoms with Gasteiger partial charge in [0.15, 0.2) is 0 Å². The Morgan fingerprint density at radius 2 is 0.329 bits per heavy atom. The Morgan fingerprint density at radius 1 is 0.247 bits per heavy atom. The molecule has 8 aromatic rings. The molecule has 0 saturated heterocycles.